The second kappa shape index (κ2) is 3.86. The first-order chi connectivity index (χ1) is 8.20. The molecule has 0 aliphatic heterocycles. The quantitative estimate of drug-likeness (QED) is 0.602. The fourth-order valence-corrected chi connectivity index (χ4v) is 2.93. The van der Waals surface area contributed by atoms with Crippen molar-refractivity contribution in [2.45, 2.75) is 26.2 Å². The molecule has 1 aromatic heterocycles. The molecule has 0 atom stereocenters. The van der Waals surface area contributed by atoms with Gasteiger partial charge in [0.2, 0.25) is 0 Å². The van der Waals surface area contributed by atoms with Gasteiger partial charge < -0.3 is 5.43 Å². The number of halogens is 1. The van der Waals surface area contributed by atoms with E-state index in [1.165, 1.54) is 11.3 Å². The number of nitrogens with one attached hydrogen (secondary N) is 1. The van der Waals surface area contributed by atoms with Gasteiger partial charge in [-0.15, -0.1) is 0 Å². The van der Waals surface area contributed by atoms with E-state index in [1.807, 2.05) is 19.1 Å². The summed E-state index contributed by atoms with van der Waals surface area (Å²) in [4.78, 5) is 4.75. The van der Waals surface area contributed by atoms with Crippen molar-refractivity contribution in [1.82, 2.24) is 4.98 Å². The molecule has 0 radical (unpaired) electrons. The van der Waals surface area contributed by atoms with Crippen molar-refractivity contribution in [3.8, 4) is 0 Å². The Morgan fingerprint density at radius 2 is 2.18 bits per heavy atom. The molecule has 0 unspecified atom stereocenters. The molecule has 0 bridgehead atoms. The van der Waals surface area contributed by atoms with Crippen LogP contribution in [-0.2, 0) is 12.8 Å². The molecule has 0 saturated heterocycles. The summed E-state index contributed by atoms with van der Waals surface area (Å²) in [5, 5.41) is 1.75. The van der Waals surface area contributed by atoms with Gasteiger partial charge in [0, 0.05) is 16.1 Å². The number of nitrogen functional groups attached to an aromatic ring is 1. The van der Waals surface area contributed by atoms with Crippen molar-refractivity contribution in [2.75, 3.05) is 5.43 Å². The SMILES string of the molecule is Cc1cc(Cl)cc2c(NN)c3c(nc12)CCC3. The van der Waals surface area contributed by atoms with E-state index < -0.39 is 0 Å². The third kappa shape index (κ3) is 1.58. The first-order valence-electron chi connectivity index (χ1n) is 5.79. The van der Waals surface area contributed by atoms with Crippen LogP contribution in [0.3, 0.4) is 0 Å². The van der Waals surface area contributed by atoms with Crippen molar-refractivity contribution < 1.29 is 0 Å². The molecule has 2 aromatic rings. The fourth-order valence-electron chi connectivity index (χ4n) is 2.66. The van der Waals surface area contributed by atoms with Crippen LogP contribution in [0.4, 0.5) is 5.69 Å². The van der Waals surface area contributed by atoms with Gasteiger partial charge in [0.15, 0.2) is 0 Å². The van der Waals surface area contributed by atoms with Crippen LogP contribution in [0.1, 0.15) is 23.2 Å². The molecule has 88 valence electrons. The molecule has 3 rings (SSSR count). The zero-order valence-corrected chi connectivity index (χ0v) is 10.4. The van der Waals surface area contributed by atoms with Gasteiger partial charge in [-0.2, -0.15) is 0 Å². The Labute approximate surface area is 105 Å². The molecule has 0 amide bonds. The van der Waals surface area contributed by atoms with Crippen molar-refractivity contribution in [3.63, 3.8) is 0 Å². The van der Waals surface area contributed by atoms with E-state index in [1.54, 1.807) is 0 Å². The molecule has 3 nitrogen and oxygen atoms in total. The lowest BCUT2D eigenvalue weighted by atomic mass is 10.0. The Kier molecular flexibility index (Phi) is 2.45. The second-order valence-corrected chi connectivity index (χ2v) is 4.97. The number of aryl methyl sites for hydroxylation is 2. The number of anilines is 1. The molecule has 1 aliphatic rings. The van der Waals surface area contributed by atoms with Crippen LogP contribution in [0.2, 0.25) is 5.02 Å². The number of hydrazine groups is 1. The summed E-state index contributed by atoms with van der Waals surface area (Å²) in [6, 6.07) is 3.88. The summed E-state index contributed by atoms with van der Waals surface area (Å²) in [6.07, 6.45) is 3.24. The van der Waals surface area contributed by atoms with Crippen LogP contribution in [-0.4, -0.2) is 4.98 Å². The van der Waals surface area contributed by atoms with Gasteiger partial charge in [-0.05, 0) is 49.4 Å². The number of nitrogens with zero attached hydrogens (tertiary/aromatic N) is 1. The molecule has 0 fully saturated rings. The molecule has 0 spiro atoms. The molecule has 1 aliphatic carbocycles. The molecule has 4 heteroatoms. The minimum absolute atomic E-state index is 0.728. The lowest BCUT2D eigenvalue weighted by Gasteiger charge is -2.13. The van der Waals surface area contributed by atoms with Crippen LogP contribution in [0.15, 0.2) is 12.1 Å². The van der Waals surface area contributed by atoms with Crippen LogP contribution < -0.4 is 11.3 Å². The van der Waals surface area contributed by atoms with E-state index in [0.717, 1.165) is 46.4 Å². The van der Waals surface area contributed by atoms with E-state index >= 15 is 0 Å². The van der Waals surface area contributed by atoms with Crippen LogP contribution in [0.25, 0.3) is 10.9 Å². The van der Waals surface area contributed by atoms with Gasteiger partial charge in [-0.25, -0.2) is 0 Å². The Morgan fingerprint density at radius 3 is 2.94 bits per heavy atom. The molecule has 0 saturated carbocycles. The predicted octanol–water partition coefficient (Wildman–Crippen LogP) is 2.97. The third-order valence-corrected chi connectivity index (χ3v) is 3.63. The lowest BCUT2D eigenvalue weighted by Crippen LogP contribution is -2.11. The van der Waals surface area contributed by atoms with Crippen LogP contribution in [0, 0.1) is 6.92 Å². The average molecular weight is 248 g/mol. The number of nitrogens with two attached hydrogens (primary N) is 1. The summed E-state index contributed by atoms with van der Waals surface area (Å²) in [5.41, 5.74) is 8.35. The Balaban J connectivity index is 2.45. The predicted molar refractivity (Wildman–Crippen MR) is 71.3 cm³/mol. The van der Waals surface area contributed by atoms with Crippen molar-refractivity contribution in [2.24, 2.45) is 5.84 Å². The van der Waals surface area contributed by atoms with Crippen LogP contribution in [0.5, 0.6) is 0 Å². The maximum atomic E-state index is 6.11. The average Bonchev–Trinajstić information content (AvgIpc) is 2.74. The van der Waals surface area contributed by atoms with Gasteiger partial charge in [-0.1, -0.05) is 11.6 Å². The number of aromatic nitrogens is 1. The highest BCUT2D eigenvalue weighted by molar-refractivity contribution is 6.31. The summed E-state index contributed by atoms with van der Waals surface area (Å²) in [5.74, 6) is 5.67. The van der Waals surface area contributed by atoms with Gasteiger partial charge in [0.1, 0.15) is 0 Å². The summed E-state index contributed by atoms with van der Waals surface area (Å²) < 4.78 is 0. The normalized spacial score (nSPS) is 14.1. The van der Waals surface area contributed by atoms with Crippen molar-refractivity contribution in [1.29, 1.82) is 0 Å². The smallest absolute Gasteiger partial charge is 0.0756 e. The molecule has 17 heavy (non-hydrogen) atoms. The topological polar surface area (TPSA) is 50.9 Å². The monoisotopic (exact) mass is 247 g/mol. The number of fused-ring (bicyclic) bond motifs is 2. The fraction of sp³-hybridized carbons (Fsp3) is 0.308. The number of benzene rings is 1. The Bertz CT molecular complexity index is 607. The van der Waals surface area contributed by atoms with Gasteiger partial charge >= 0.3 is 0 Å². The first kappa shape index (κ1) is 10.8. The molecule has 1 aromatic carbocycles. The van der Waals surface area contributed by atoms with Crippen molar-refractivity contribution >= 4 is 28.2 Å². The summed E-state index contributed by atoms with van der Waals surface area (Å²) in [7, 11) is 0. The summed E-state index contributed by atoms with van der Waals surface area (Å²) >= 11 is 6.11. The first-order valence-corrected chi connectivity index (χ1v) is 6.16. The van der Waals surface area contributed by atoms with Gasteiger partial charge in [0.05, 0.1) is 11.2 Å². The minimum Gasteiger partial charge on any atom is -0.323 e. The van der Waals surface area contributed by atoms with E-state index in [0.29, 0.717) is 0 Å². The largest absolute Gasteiger partial charge is 0.323 e. The maximum absolute atomic E-state index is 6.11. The number of rotatable bonds is 1. The number of hydrogen-bond acceptors (Lipinski definition) is 3. The van der Waals surface area contributed by atoms with Crippen molar-refractivity contribution in [3.05, 3.63) is 34.0 Å². The van der Waals surface area contributed by atoms with E-state index in [9.17, 15) is 0 Å². The number of hydrogen-bond donors (Lipinski definition) is 2. The maximum Gasteiger partial charge on any atom is 0.0756 e. The van der Waals surface area contributed by atoms with Crippen LogP contribution >= 0.6 is 11.6 Å². The van der Waals surface area contributed by atoms with Gasteiger partial charge in [-0.3, -0.25) is 10.8 Å². The summed E-state index contributed by atoms with van der Waals surface area (Å²) in [6.45, 7) is 2.03. The highest BCUT2D eigenvalue weighted by Gasteiger charge is 2.20. The minimum atomic E-state index is 0.728. The van der Waals surface area contributed by atoms with E-state index in [-0.39, 0.29) is 0 Å². The highest BCUT2D eigenvalue weighted by Crippen LogP contribution is 2.35. The lowest BCUT2D eigenvalue weighted by molar-refractivity contribution is 0.901. The zero-order valence-electron chi connectivity index (χ0n) is 9.68. The Hall–Kier alpha value is -1.32. The van der Waals surface area contributed by atoms with E-state index in [2.05, 4.69) is 5.43 Å². The molecule has 3 N–H and O–H groups in total. The van der Waals surface area contributed by atoms with Gasteiger partial charge in [0.25, 0.3) is 0 Å². The Morgan fingerprint density at radius 1 is 1.35 bits per heavy atom. The molecule has 1 heterocycles. The highest BCUT2D eigenvalue weighted by atomic mass is 35.5. The molecular weight excluding hydrogens is 234 g/mol. The third-order valence-electron chi connectivity index (χ3n) is 3.42. The standard InChI is InChI=1S/C13H14ClN3/c1-7-5-8(14)6-10-12(7)16-11-4-2-3-9(11)13(10)17-15/h5-6H,2-4,15H2,1H3,(H,16,17). The second-order valence-electron chi connectivity index (χ2n) is 4.53. The van der Waals surface area contributed by atoms with E-state index in [4.69, 9.17) is 22.4 Å². The number of pyridine rings is 1. The zero-order chi connectivity index (χ0) is 12.0. The molecular formula is C13H14ClN3.